The third kappa shape index (κ3) is 6.73. The first-order valence-electron chi connectivity index (χ1n) is 10.0. The van der Waals surface area contributed by atoms with E-state index in [0.717, 1.165) is 25.2 Å². The molecule has 0 radical (unpaired) electrons. The number of carbonyl (C=O) groups is 2. The molecule has 1 aromatic heterocycles. The highest BCUT2D eigenvalue weighted by Gasteiger charge is 2.21. The zero-order valence-electron chi connectivity index (χ0n) is 17.0. The lowest BCUT2D eigenvalue weighted by atomic mass is 10.1. The van der Waals surface area contributed by atoms with Gasteiger partial charge in [-0.2, -0.15) is 0 Å². The van der Waals surface area contributed by atoms with Gasteiger partial charge < -0.3 is 19.8 Å². The molecule has 1 aromatic carbocycles. The van der Waals surface area contributed by atoms with Crippen LogP contribution in [0.1, 0.15) is 41.8 Å². The minimum atomic E-state index is -0.244. The Bertz CT molecular complexity index is 779. The third-order valence-corrected chi connectivity index (χ3v) is 4.84. The third-order valence-electron chi connectivity index (χ3n) is 4.84. The van der Waals surface area contributed by atoms with Crippen molar-refractivity contribution in [1.29, 1.82) is 0 Å². The van der Waals surface area contributed by atoms with Crippen LogP contribution in [0.3, 0.4) is 0 Å². The molecular weight excluding hydrogens is 370 g/mol. The van der Waals surface area contributed by atoms with Gasteiger partial charge in [0.15, 0.2) is 0 Å². The molecule has 0 saturated carbocycles. The van der Waals surface area contributed by atoms with Crippen molar-refractivity contribution in [1.82, 2.24) is 15.5 Å². The first kappa shape index (κ1) is 21.1. The Morgan fingerprint density at radius 1 is 1.03 bits per heavy atom. The Hall–Kier alpha value is -2.64. The molecule has 7 nitrogen and oxygen atoms in total. The Kier molecular flexibility index (Phi) is 7.43. The highest BCUT2D eigenvalue weighted by atomic mass is 16.5. The summed E-state index contributed by atoms with van der Waals surface area (Å²) < 4.78 is 10.6. The van der Waals surface area contributed by atoms with Crippen molar-refractivity contribution in [2.75, 3.05) is 19.6 Å². The molecule has 29 heavy (non-hydrogen) atoms. The van der Waals surface area contributed by atoms with Gasteiger partial charge in [0.2, 0.25) is 5.91 Å². The lowest BCUT2D eigenvalue weighted by Gasteiger charge is -2.35. The van der Waals surface area contributed by atoms with Crippen LogP contribution in [-0.2, 0) is 22.6 Å². The largest absolute Gasteiger partial charge is 0.472 e. The maximum atomic E-state index is 12.0. The molecule has 2 aromatic rings. The minimum absolute atomic E-state index is 0.0992. The van der Waals surface area contributed by atoms with Crippen LogP contribution in [0.25, 0.3) is 0 Å². The minimum Gasteiger partial charge on any atom is -0.472 e. The SMILES string of the molecule is CC1CN(Cc2ccc(CNC(=O)CCNC(=O)c3ccoc3)cc2)CC(C)O1. The number of morpholine rings is 1. The fraction of sp³-hybridized carbons (Fsp3) is 0.455. The highest BCUT2D eigenvalue weighted by Crippen LogP contribution is 2.14. The predicted octanol–water partition coefficient (Wildman–Crippen LogP) is 2.33. The number of rotatable bonds is 8. The maximum Gasteiger partial charge on any atom is 0.254 e. The quantitative estimate of drug-likeness (QED) is 0.712. The van der Waals surface area contributed by atoms with E-state index in [9.17, 15) is 9.59 Å². The lowest BCUT2D eigenvalue weighted by molar-refractivity contribution is -0.121. The number of hydrogen-bond donors (Lipinski definition) is 2. The molecule has 1 aliphatic rings. The second-order valence-corrected chi connectivity index (χ2v) is 7.56. The van der Waals surface area contributed by atoms with Gasteiger partial charge in [-0.05, 0) is 31.0 Å². The summed E-state index contributed by atoms with van der Waals surface area (Å²) in [7, 11) is 0. The Morgan fingerprint density at radius 3 is 2.38 bits per heavy atom. The molecule has 1 saturated heterocycles. The molecule has 2 unspecified atom stereocenters. The van der Waals surface area contributed by atoms with Crippen LogP contribution in [0.15, 0.2) is 47.3 Å². The molecule has 0 spiro atoms. The van der Waals surface area contributed by atoms with Crippen molar-refractivity contribution >= 4 is 11.8 Å². The number of nitrogens with one attached hydrogen (secondary N) is 2. The van der Waals surface area contributed by atoms with Gasteiger partial charge in [0.25, 0.3) is 5.91 Å². The molecule has 2 heterocycles. The van der Waals surface area contributed by atoms with Gasteiger partial charge in [0, 0.05) is 39.1 Å². The van der Waals surface area contributed by atoms with Gasteiger partial charge in [0.05, 0.1) is 24.0 Å². The summed E-state index contributed by atoms with van der Waals surface area (Å²) in [6.45, 7) is 7.76. The van der Waals surface area contributed by atoms with Crippen molar-refractivity contribution < 1.29 is 18.7 Å². The number of amides is 2. The van der Waals surface area contributed by atoms with E-state index in [0.29, 0.717) is 12.1 Å². The molecule has 156 valence electrons. The fourth-order valence-electron chi connectivity index (χ4n) is 3.51. The number of ether oxygens (including phenoxy) is 1. The first-order valence-corrected chi connectivity index (χ1v) is 10.0. The van der Waals surface area contributed by atoms with Gasteiger partial charge in [0.1, 0.15) is 6.26 Å². The zero-order chi connectivity index (χ0) is 20.6. The van der Waals surface area contributed by atoms with E-state index in [2.05, 4.69) is 41.5 Å². The molecule has 2 amide bonds. The predicted molar refractivity (Wildman–Crippen MR) is 109 cm³/mol. The average molecular weight is 399 g/mol. The van der Waals surface area contributed by atoms with E-state index in [1.54, 1.807) is 6.07 Å². The molecule has 7 heteroatoms. The molecular formula is C22H29N3O4. The summed E-state index contributed by atoms with van der Waals surface area (Å²) in [5, 5.41) is 5.58. The van der Waals surface area contributed by atoms with Crippen LogP contribution in [0, 0.1) is 0 Å². The van der Waals surface area contributed by atoms with Gasteiger partial charge in [-0.25, -0.2) is 0 Å². The molecule has 2 atom stereocenters. The Labute approximate surface area is 171 Å². The van der Waals surface area contributed by atoms with Gasteiger partial charge >= 0.3 is 0 Å². The summed E-state index contributed by atoms with van der Waals surface area (Å²) in [6, 6.07) is 9.89. The van der Waals surface area contributed by atoms with E-state index in [-0.39, 0.29) is 37.0 Å². The van der Waals surface area contributed by atoms with E-state index < -0.39 is 0 Å². The van der Waals surface area contributed by atoms with Crippen molar-refractivity contribution in [3.8, 4) is 0 Å². The van der Waals surface area contributed by atoms with Crippen molar-refractivity contribution in [2.24, 2.45) is 0 Å². The molecule has 1 fully saturated rings. The van der Waals surface area contributed by atoms with Gasteiger partial charge in [-0.15, -0.1) is 0 Å². The van der Waals surface area contributed by atoms with Crippen LogP contribution in [0.5, 0.6) is 0 Å². The smallest absolute Gasteiger partial charge is 0.254 e. The monoisotopic (exact) mass is 399 g/mol. The average Bonchev–Trinajstić information content (AvgIpc) is 3.21. The van der Waals surface area contributed by atoms with E-state index in [4.69, 9.17) is 9.15 Å². The molecule has 3 rings (SSSR count). The van der Waals surface area contributed by atoms with Crippen LogP contribution in [0.4, 0.5) is 0 Å². The summed E-state index contributed by atoms with van der Waals surface area (Å²) in [4.78, 5) is 26.2. The second kappa shape index (κ2) is 10.2. The van der Waals surface area contributed by atoms with E-state index >= 15 is 0 Å². The van der Waals surface area contributed by atoms with Crippen LogP contribution in [-0.4, -0.2) is 48.6 Å². The fourth-order valence-corrected chi connectivity index (χ4v) is 3.51. The number of benzene rings is 1. The van der Waals surface area contributed by atoms with Crippen LogP contribution >= 0.6 is 0 Å². The summed E-state index contributed by atoms with van der Waals surface area (Å²) in [5.74, 6) is -0.343. The normalized spacial score (nSPS) is 19.7. The Balaban J connectivity index is 1.36. The van der Waals surface area contributed by atoms with E-state index in [1.165, 1.54) is 18.1 Å². The molecule has 0 bridgehead atoms. The van der Waals surface area contributed by atoms with E-state index in [1.807, 2.05) is 12.1 Å². The number of hydrogen-bond acceptors (Lipinski definition) is 5. The summed E-state index contributed by atoms with van der Waals surface area (Å²) >= 11 is 0. The topological polar surface area (TPSA) is 83.8 Å². The number of nitrogens with zero attached hydrogens (tertiary/aromatic N) is 1. The van der Waals surface area contributed by atoms with Crippen LogP contribution in [0.2, 0.25) is 0 Å². The van der Waals surface area contributed by atoms with Gasteiger partial charge in [-0.3, -0.25) is 14.5 Å². The van der Waals surface area contributed by atoms with Crippen molar-refractivity contribution in [3.05, 3.63) is 59.5 Å². The van der Waals surface area contributed by atoms with Crippen molar-refractivity contribution in [2.45, 2.75) is 45.6 Å². The standard InChI is InChI=1S/C22H29N3O4/c1-16-12-25(13-17(2)29-16)14-19-5-3-18(4-6-19)11-24-21(26)7-9-23-22(27)20-8-10-28-15-20/h3-6,8,10,15-17H,7,9,11-14H2,1-2H3,(H,23,27)(H,24,26). The Morgan fingerprint density at radius 2 is 1.72 bits per heavy atom. The second-order valence-electron chi connectivity index (χ2n) is 7.56. The molecule has 0 aliphatic carbocycles. The number of furan rings is 1. The number of carbonyl (C=O) groups excluding carboxylic acids is 2. The highest BCUT2D eigenvalue weighted by molar-refractivity contribution is 5.94. The van der Waals surface area contributed by atoms with Crippen LogP contribution < -0.4 is 10.6 Å². The zero-order valence-corrected chi connectivity index (χ0v) is 17.0. The molecule has 1 aliphatic heterocycles. The lowest BCUT2D eigenvalue weighted by Crippen LogP contribution is -2.44. The maximum absolute atomic E-state index is 12.0. The first-order chi connectivity index (χ1) is 14.0. The van der Waals surface area contributed by atoms with Crippen molar-refractivity contribution in [3.63, 3.8) is 0 Å². The molecule has 2 N–H and O–H groups in total. The van der Waals surface area contributed by atoms with Gasteiger partial charge in [-0.1, -0.05) is 24.3 Å². The summed E-state index contributed by atoms with van der Waals surface area (Å²) in [6.07, 6.45) is 3.57. The summed E-state index contributed by atoms with van der Waals surface area (Å²) in [5.41, 5.74) is 2.75.